The summed E-state index contributed by atoms with van der Waals surface area (Å²) in [6.45, 7) is 1.76. The number of nitrogens with two attached hydrogens (primary N) is 1. The zero-order valence-electron chi connectivity index (χ0n) is 12.1. The number of halogens is 1. The van der Waals surface area contributed by atoms with Gasteiger partial charge < -0.3 is 21.1 Å². The average Bonchev–Trinajstić information content (AvgIpc) is 2.45. The Labute approximate surface area is 133 Å². The molecule has 120 valence electrons. The molecule has 0 saturated carbocycles. The highest BCUT2D eigenvalue weighted by atomic mass is 35.5. The second-order valence-electron chi connectivity index (χ2n) is 4.48. The van der Waals surface area contributed by atoms with Crippen molar-refractivity contribution in [1.82, 2.24) is 10.6 Å². The Bertz CT molecular complexity index is 551. The maximum atomic E-state index is 11.8. The number of carbonyl (C=O) groups excluding carboxylic acids is 3. The van der Waals surface area contributed by atoms with Gasteiger partial charge in [-0.3, -0.25) is 9.59 Å². The van der Waals surface area contributed by atoms with E-state index in [2.05, 4.69) is 10.6 Å². The van der Waals surface area contributed by atoms with Crippen LogP contribution < -0.4 is 16.4 Å². The Morgan fingerprint density at radius 1 is 1.27 bits per heavy atom. The largest absolute Gasteiger partial charge is 0.452 e. The quantitative estimate of drug-likeness (QED) is 0.647. The predicted molar refractivity (Wildman–Crippen MR) is 81.1 cm³/mol. The molecule has 3 amide bonds. The van der Waals surface area contributed by atoms with Crippen molar-refractivity contribution >= 4 is 29.5 Å². The highest BCUT2D eigenvalue weighted by molar-refractivity contribution is 6.31. The van der Waals surface area contributed by atoms with Gasteiger partial charge in [-0.2, -0.15) is 0 Å². The first-order valence-corrected chi connectivity index (χ1v) is 7.02. The second-order valence-corrected chi connectivity index (χ2v) is 4.89. The molecular formula is C14H18ClN3O4. The zero-order chi connectivity index (χ0) is 16.5. The summed E-state index contributed by atoms with van der Waals surface area (Å²) in [5, 5.41) is 5.43. The lowest BCUT2D eigenvalue weighted by Gasteiger charge is -2.14. The van der Waals surface area contributed by atoms with E-state index in [1.165, 1.54) is 6.92 Å². The van der Waals surface area contributed by atoms with E-state index in [0.29, 0.717) is 5.02 Å². The Morgan fingerprint density at radius 3 is 2.59 bits per heavy atom. The summed E-state index contributed by atoms with van der Waals surface area (Å²) in [4.78, 5) is 33.7. The first-order valence-electron chi connectivity index (χ1n) is 6.64. The third-order valence-corrected chi connectivity index (χ3v) is 3.09. The number of hydrogen-bond acceptors (Lipinski definition) is 4. The molecule has 0 aliphatic heterocycles. The van der Waals surface area contributed by atoms with Gasteiger partial charge in [0, 0.05) is 18.1 Å². The third kappa shape index (κ3) is 6.45. The first kappa shape index (κ1) is 17.8. The van der Waals surface area contributed by atoms with Crippen molar-refractivity contribution in [3.8, 4) is 0 Å². The van der Waals surface area contributed by atoms with Gasteiger partial charge in [-0.1, -0.05) is 29.8 Å². The molecule has 1 aromatic carbocycles. The van der Waals surface area contributed by atoms with Gasteiger partial charge in [0.1, 0.15) is 0 Å². The minimum atomic E-state index is -0.941. The third-order valence-electron chi connectivity index (χ3n) is 2.72. The van der Waals surface area contributed by atoms with E-state index in [0.717, 1.165) is 5.56 Å². The number of esters is 1. The van der Waals surface area contributed by atoms with Crippen LogP contribution in [0.1, 0.15) is 18.9 Å². The molecule has 0 aliphatic carbocycles. The highest BCUT2D eigenvalue weighted by Crippen LogP contribution is 2.14. The summed E-state index contributed by atoms with van der Waals surface area (Å²) in [5.74, 6) is -1.04. The van der Waals surface area contributed by atoms with Gasteiger partial charge in [-0.05, 0) is 18.6 Å². The average molecular weight is 328 g/mol. The van der Waals surface area contributed by atoms with E-state index < -0.39 is 24.0 Å². The van der Waals surface area contributed by atoms with Gasteiger partial charge in [0.25, 0.3) is 5.91 Å². The highest BCUT2D eigenvalue weighted by Gasteiger charge is 2.17. The van der Waals surface area contributed by atoms with Gasteiger partial charge in [-0.25, -0.2) is 4.79 Å². The molecule has 0 heterocycles. The monoisotopic (exact) mass is 327 g/mol. The predicted octanol–water partition coefficient (Wildman–Crippen LogP) is 0.946. The molecule has 0 spiro atoms. The van der Waals surface area contributed by atoms with E-state index >= 15 is 0 Å². The second kappa shape index (κ2) is 8.89. The topological polar surface area (TPSA) is 111 Å². The lowest BCUT2D eigenvalue weighted by atomic mass is 10.2. The van der Waals surface area contributed by atoms with Gasteiger partial charge in [-0.15, -0.1) is 0 Å². The van der Waals surface area contributed by atoms with Crippen LogP contribution in [0.3, 0.4) is 0 Å². The maximum Gasteiger partial charge on any atom is 0.312 e. The van der Waals surface area contributed by atoms with Crippen LogP contribution in [0.15, 0.2) is 24.3 Å². The van der Waals surface area contributed by atoms with E-state index in [1.54, 1.807) is 18.2 Å². The number of amides is 3. The van der Waals surface area contributed by atoms with Crippen molar-refractivity contribution in [2.45, 2.75) is 26.0 Å². The van der Waals surface area contributed by atoms with Crippen LogP contribution in [0.25, 0.3) is 0 Å². The van der Waals surface area contributed by atoms with Gasteiger partial charge in [0.05, 0.1) is 6.42 Å². The lowest BCUT2D eigenvalue weighted by molar-refractivity contribution is -0.154. The number of primary amides is 1. The molecule has 8 heteroatoms. The summed E-state index contributed by atoms with van der Waals surface area (Å²) >= 11 is 5.97. The van der Waals surface area contributed by atoms with Crippen LogP contribution in [0.5, 0.6) is 0 Å². The Balaban J connectivity index is 2.34. The van der Waals surface area contributed by atoms with Crippen LogP contribution in [-0.4, -0.2) is 30.6 Å². The first-order chi connectivity index (χ1) is 10.4. The molecular weight excluding hydrogens is 310 g/mol. The molecule has 0 aromatic heterocycles. The fourth-order valence-electron chi connectivity index (χ4n) is 1.57. The minimum Gasteiger partial charge on any atom is -0.452 e. The summed E-state index contributed by atoms with van der Waals surface area (Å²) < 4.78 is 4.94. The van der Waals surface area contributed by atoms with Gasteiger partial charge >= 0.3 is 12.0 Å². The summed E-state index contributed by atoms with van der Waals surface area (Å²) in [6, 6.07) is 6.38. The summed E-state index contributed by atoms with van der Waals surface area (Å²) in [5.41, 5.74) is 5.62. The Morgan fingerprint density at radius 2 is 1.95 bits per heavy atom. The number of nitrogens with one attached hydrogen (secondary N) is 2. The smallest absolute Gasteiger partial charge is 0.312 e. The van der Waals surface area contributed by atoms with E-state index in [1.807, 2.05) is 6.07 Å². The fourth-order valence-corrected chi connectivity index (χ4v) is 1.77. The minimum absolute atomic E-state index is 0.0577. The van der Waals surface area contributed by atoms with Crippen molar-refractivity contribution < 1.29 is 19.1 Å². The van der Waals surface area contributed by atoms with E-state index in [4.69, 9.17) is 22.1 Å². The van der Waals surface area contributed by atoms with Crippen molar-refractivity contribution in [2.24, 2.45) is 5.73 Å². The summed E-state index contributed by atoms with van der Waals surface area (Å²) in [7, 11) is 0. The van der Waals surface area contributed by atoms with Crippen LogP contribution in [0.4, 0.5) is 4.79 Å². The van der Waals surface area contributed by atoms with Crippen LogP contribution >= 0.6 is 11.6 Å². The fraction of sp³-hybridized carbons (Fsp3) is 0.357. The molecule has 0 radical (unpaired) electrons. The van der Waals surface area contributed by atoms with Crippen molar-refractivity contribution in [1.29, 1.82) is 0 Å². The molecule has 4 N–H and O–H groups in total. The van der Waals surface area contributed by atoms with Crippen molar-refractivity contribution in [3.63, 3.8) is 0 Å². The van der Waals surface area contributed by atoms with Gasteiger partial charge in [0.15, 0.2) is 6.10 Å². The van der Waals surface area contributed by atoms with E-state index in [9.17, 15) is 14.4 Å². The molecule has 0 bridgehead atoms. The SMILES string of the molecule is C[C@H](OC(=O)CCNC(N)=O)C(=O)NCc1ccccc1Cl. The molecule has 0 unspecified atom stereocenters. The van der Waals surface area contributed by atoms with Crippen LogP contribution in [-0.2, 0) is 20.9 Å². The van der Waals surface area contributed by atoms with Crippen LogP contribution in [0.2, 0.25) is 5.02 Å². The summed E-state index contributed by atoms with van der Waals surface area (Å²) in [6.07, 6.45) is -1.01. The molecule has 0 fully saturated rings. The lowest BCUT2D eigenvalue weighted by Crippen LogP contribution is -2.36. The van der Waals surface area contributed by atoms with E-state index in [-0.39, 0.29) is 19.5 Å². The van der Waals surface area contributed by atoms with Crippen LogP contribution in [0, 0.1) is 0 Å². The van der Waals surface area contributed by atoms with Crippen molar-refractivity contribution in [2.75, 3.05) is 6.54 Å². The molecule has 1 aromatic rings. The normalized spacial score (nSPS) is 11.4. The maximum absolute atomic E-state index is 11.8. The number of ether oxygens (including phenoxy) is 1. The Hall–Kier alpha value is -2.28. The van der Waals surface area contributed by atoms with Crippen molar-refractivity contribution in [3.05, 3.63) is 34.9 Å². The molecule has 22 heavy (non-hydrogen) atoms. The van der Waals surface area contributed by atoms with Gasteiger partial charge in [0.2, 0.25) is 0 Å². The number of rotatable bonds is 7. The molecule has 1 rings (SSSR count). The molecule has 1 atom stereocenters. The number of hydrogen-bond donors (Lipinski definition) is 3. The molecule has 0 aliphatic rings. The number of benzene rings is 1. The Kier molecular flexibility index (Phi) is 7.18. The standard InChI is InChI=1S/C14H18ClN3O4/c1-9(22-12(19)6-7-17-14(16)21)13(20)18-8-10-4-2-3-5-11(10)15/h2-5,9H,6-8H2,1H3,(H,18,20)(H3,16,17,21)/t9-/m0/s1. The number of urea groups is 1. The molecule has 0 saturated heterocycles. The molecule has 7 nitrogen and oxygen atoms in total. The zero-order valence-corrected chi connectivity index (χ0v) is 12.9. The number of carbonyl (C=O) groups is 3.